The lowest BCUT2D eigenvalue weighted by molar-refractivity contribution is -0.119. The maximum atomic E-state index is 11.3. The number of hydrogen-bond donors (Lipinski definition) is 3. The minimum atomic E-state index is -1.09. The van der Waals surface area contributed by atoms with Gasteiger partial charge in [0.15, 0.2) is 0 Å². The van der Waals surface area contributed by atoms with Crippen molar-refractivity contribution in [2.75, 3.05) is 18.4 Å². The van der Waals surface area contributed by atoms with E-state index >= 15 is 0 Å². The van der Waals surface area contributed by atoms with E-state index < -0.39 is 5.97 Å². The van der Waals surface area contributed by atoms with Crippen LogP contribution in [-0.4, -0.2) is 35.1 Å². The fourth-order valence-electron chi connectivity index (χ4n) is 1.17. The molecule has 1 heterocycles. The molecule has 92 valence electrons. The van der Waals surface area contributed by atoms with E-state index in [4.69, 9.17) is 5.11 Å². The molecule has 1 aromatic rings. The van der Waals surface area contributed by atoms with Crippen molar-refractivity contribution in [2.45, 2.75) is 13.3 Å². The van der Waals surface area contributed by atoms with Crippen LogP contribution < -0.4 is 10.6 Å². The van der Waals surface area contributed by atoms with Gasteiger partial charge in [0.2, 0.25) is 5.91 Å². The lowest BCUT2D eigenvalue weighted by Gasteiger charge is -2.07. The summed E-state index contributed by atoms with van der Waals surface area (Å²) in [5.74, 6) is -1.22. The fourth-order valence-corrected chi connectivity index (χ4v) is 1.17. The molecule has 0 unspecified atom stereocenters. The molecule has 0 bridgehead atoms. The molecule has 3 N–H and O–H groups in total. The lowest BCUT2D eigenvalue weighted by Crippen LogP contribution is -2.30. The Morgan fingerprint density at radius 3 is 2.88 bits per heavy atom. The van der Waals surface area contributed by atoms with Crippen LogP contribution in [0.2, 0.25) is 0 Å². The Morgan fingerprint density at radius 2 is 2.24 bits per heavy atom. The van der Waals surface area contributed by atoms with Gasteiger partial charge in [-0.25, -0.2) is 9.78 Å². The highest BCUT2D eigenvalue weighted by Gasteiger charge is 2.05. The molecule has 0 spiro atoms. The molecule has 6 heteroatoms. The van der Waals surface area contributed by atoms with E-state index in [1.165, 1.54) is 12.3 Å². The topological polar surface area (TPSA) is 91.3 Å². The largest absolute Gasteiger partial charge is 0.477 e. The van der Waals surface area contributed by atoms with Crippen LogP contribution in [0.25, 0.3) is 0 Å². The molecule has 1 aromatic heterocycles. The zero-order valence-corrected chi connectivity index (χ0v) is 9.56. The smallest absolute Gasteiger partial charge is 0.354 e. The maximum Gasteiger partial charge on any atom is 0.354 e. The summed E-state index contributed by atoms with van der Waals surface area (Å²) >= 11 is 0. The van der Waals surface area contributed by atoms with Gasteiger partial charge in [0.05, 0.1) is 6.54 Å². The predicted octanol–water partition coefficient (Wildman–Crippen LogP) is 0.718. The second-order valence-corrected chi connectivity index (χ2v) is 3.44. The number of nitrogens with one attached hydrogen (secondary N) is 2. The van der Waals surface area contributed by atoms with Gasteiger partial charge in [-0.3, -0.25) is 4.79 Å². The fraction of sp³-hybridized carbons (Fsp3) is 0.364. The SMILES string of the molecule is CCCNC(=O)CNc1ccnc(C(=O)O)c1. The third-order valence-electron chi connectivity index (χ3n) is 2.00. The van der Waals surface area contributed by atoms with E-state index in [0.717, 1.165) is 6.42 Å². The van der Waals surface area contributed by atoms with Crippen LogP contribution in [0, 0.1) is 0 Å². The molecule has 0 aliphatic rings. The summed E-state index contributed by atoms with van der Waals surface area (Å²) in [4.78, 5) is 25.6. The van der Waals surface area contributed by atoms with Crippen molar-refractivity contribution in [3.8, 4) is 0 Å². The zero-order chi connectivity index (χ0) is 12.7. The summed E-state index contributed by atoms with van der Waals surface area (Å²) in [5.41, 5.74) is 0.507. The Hall–Kier alpha value is -2.11. The van der Waals surface area contributed by atoms with E-state index in [2.05, 4.69) is 15.6 Å². The highest BCUT2D eigenvalue weighted by Crippen LogP contribution is 2.07. The number of rotatable bonds is 6. The standard InChI is InChI=1S/C11H15N3O3/c1-2-4-13-10(15)7-14-8-3-5-12-9(6-8)11(16)17/h3,5-6H,2,4,7H2,1H3,(H,12,14)(H,13,15)(H,16,17). The molecule has 17 heavy (non-hydrogen) atoms. The molecule has 6 nitrogen and oxygen atoms in total. The van der Waals surface area contributed by atoms with Gasteiger partial charge in [-0.2, -0.15) is 0 Å². The van der Waals surface area contributed by atoms with Crippen molar-refractivity contribution >= 4 is 17.6 Å². The van der Waals surface area contributed by atoms with E-state index in [0.29, 0.717) is 12.2 Å². The number of carboxylic acid groups (broad SMARTS) is 1. The number of aromatic nitrogens is 1. The Balaban J connectivity index is 2.49. The first kappa shape index (κ1) is 13.0. The van der Waals surface area contributed by atoms with Gasteiger partial charge in [-0.05, 0) is 18.6 Å². The lowest BCUT2D eigenvalue weighted by atomic mass is 10.3. The number of anilines is 1. The molecule has 1 amide bonds. The third kappa shape index (κ3) is 4.50. The quantitative estimate of drug-likeness (QED) is 0.678. The number of carboxylic acids is 1. The maximum absolute atomic E-state index is 11.3. The summed E-state index contributed by atoms with van der Waals surface area (Å²) in [6.45, 7) is 2.72. The minimum absolute atomic E-state index is 0.0519. The first-order chi connectivity index (χ1) is 8.13. The summed E-state index contributed by atoms with van der Waals surface area (Å²) in [6, 6.07) is 3.00. The van der Waals surface area contributed by atoms with Crippen LogP contribution in [0.1, 0.15) is 23.8 Å². The number of aromatic carboxylic acids is 1. The van der Waals surface area contributed by atoms with Crippen molar-refractivity contribution in [2.24, 2.45) is 0 Å². The molecule has 0 radical (unpaired) electrons. The average molecular weight is 237 g/mol. The summed E-state index contributed by atoms with van der Waals surface area (Å²) < 4.78 is 0. The highest BCUT2D eigenvalue weighted by atomic mass is 16.4. The number of nitrogens with zero attached hydrogens (tertiary/aromatic N) is 1. The molecule has 0 saturated heterocycles. The van der Waals surface area contributed by atoms with Gasteiger partial charge < -0.3 is 15.7 Å². The zero-order valence-electron chi connectivity index (χ0n) is 9.56. The van der Waals surface area contributed by atoms with Gasteiger partial charge in [0.25, 0.3) is 0 Å². The molecule has 0 atom stereocenters. The normalized spacial score (nSPS) is 9.71. The first-order valence-corrected chi connectivity index (χ1v) is 5.33. The molecule has 1 rings (SSSR count). The van der Waals surface area contributed by atoms with Gasteiger partial charge in [-0.15, -0.1) is 0 Å². The Kier molecular flexibility index (Phi) is 4.93. The summed E-state index contributed by atoms with van der Waals surface area (Å²) in [7, 11) is 0. The molecule has 0 fully saturated rings. The Morgan fingerprint density at radius 1 is 1.47 bits per heavy atom. The molecule has 0 saturated carbocycles. The average Bonchev–Trinajstić information content (AvgIpc) is 2.34. The van der Waals surface area contributed by atoms with E-state index in [1.807, 2.05) is 6.92 Å². The van der Waals surface area contributed by atoms with Crippen LogP contribution in [0.3, 0.4) is 0 Å². The molecule has 0 aromatic carbocycles. The molecular weight excluding hydrogens is 222 g/mol. The molecule has 0 aliphatic carbocycles. The molecule has 0 aliphatic heterocycles. The van der Waals surface area contributed by atoms with Crippen molar-refractivity contribution in [3.63, 3.8) is 0 Å². The monoisotopic (exact) mass is 237 g/mol. The number of amides is 1. The van der Waals surface area contributed by atoms with Crippen molar-refractivity contribution < 1.29 is 14.7 Å². The van der Waals surface area contributed by atoms with Crippen molar-refractivity contribution in [1.82, 2.24) is 10.3 Å². The van der Waals surface area contributed by atoms with Gasteiger partial charge in [0.1, 0.15) is 5.69 Å². The predicted molar refractivity (Wildman–Crippen MR) is 63.0 cm³/mol. The minimum Gasteiger partial charge on any atom is -0.477 e. The van der Waals surface area contributed by atoms with Crippen LogP contribution in [0.15, 0.2) is 18.3 Å². The number of carbonyl (C=O) groups excluding carboxylic acids is 1. The second kappa shape index (κ2) is 6.47. The number of hydrogen-bond acceptors (Lipinski definition) is 4. The third-order valence-corrected chi connectivity index (χ3v) is 2.00. The van der Waals surface area contributed by atoms with E-state index in [1.54, 1.807) is 6.07 Å². The first-order valence-electron chi connectivity index (χ1n) is 5.33. The van der Waals surface area contributed by atoms with Gasteiger partial charge >= 0.3 is 5.97 Å². The van der Waals surface area contributed by atoms with Crippen molar-refractivity contribution in [1.29, 1.82) is 0 Å². The molecular formula is C11H15N3O3. The number of carbonyl (C=O) groups is 2. The Bertz CT molecular complexity index is 407. The van der Waals surface area contributed by atoms with Crippen LogP contribution >= 0.6 is 0 Å². The van der Waals surface area contributed by atoms with Gasteiger partial charge in [-0.1, -0.05) is 6.92 Å². The van der Waals surface area contributed by atoms with E-state index in [9.17, 15) is 9.59 Å². The number of pyridine rings is 1. The summed E-state index contributed by atoms with van der Waals surface area (Å²) in [5, 5.41) is 14.3. The van der Waals surface area contributed by atoms with Crippen LogP contribution in [0.5, 0.6) is 0 Å². The Labute approximate surface area is 99.1 Å². The van der Waals surface area contributed by atoms with E-state index in [-0.39, 0.29) is 18.1 Å². The van der Waals surface area contributed by atoms with Gasteiger partial charge in [0, 0.05) is 18.4 Å². The summed E-state index contributed by atoms with van der Waals surface area (Å²) in [6.07, 6.45) is 2.26. The van der Waals surface area contributed by atoms with Crippen molar-refractivity contribution in [3.05, 3.63) is 24.0 Å². The second-order valence-electron chi connectivity index (χ2n) is 3.44. The van der Waals surface area contributed by atoms with Crippen LogP contribution in [-0.2, 0) is 4.79 Å². The highest BCUT2D eigenvalue weighted by molar-refractivity contribution is 5.87. The van der Waals surface area contributed by atoms with Crippen LogP contribution in [0.4, 0.5) is 5.69 Å².